The number of tetrazole rings is 1. The van der Waals surface area contributed by atoms with E-state index in [1.165, 1.54) is 22.3 Å². The number of aryl methyl sites for hydroxylation is 2. The van der Waals surface area contributed by atoms with Crippen molar-refractivity contribution in [1.29, 1.82) is 0 Å². The first-order valence-electron chi connectivity index (χ1n) is 5.89. The maximum absolute atomic E-state index is 6.10. The molecular formula is C11H16N6. The second kappa shape index (κ2) is 3.96. The second-order valence-electron chi connectivity index (χ2n) is 4.60. The van der Waals surface area contributed by atoms with Gasteiger partial charge in [0.2, 0.25) is 0 Å². The third kappa shape index (κ3) is 1.95. The summed E-state index contributed by atoms with van der Waals surface area (Å²) < 4.78 is 2.10. The Morgan fingerprint density at radius 3 is 3.06 bits per heavy atom. The molecule has 6 nitrogen and oxygen atoms in total. The van der Waals surface area contributed by atoms with Gasteiger partial charge in [0.1, 0.15) is 0 Å². The van der Waals surface area contributed by atoms with Gasteiger partial charge < -0.3 is 10.3 Å². The van der Waals surface area contributed by atoms with Crippen molar-refractivity contribution in [2.45, 2.75) is 31.8 Å². The SMILES string of the molecule is Cn1nnc(Cn2cc3c(c2)C(N)CCC3)n1. The summed E-state index contributed by atoms with van der Waals surface area (Å²) in [5.41, 5.74) is 8.74. The summed E-state index contributed by atoms with van der Waals surface area (Å²) in [4.78, 5) is 1.48. The van der Waals surface area contributed by atoms with Crippen LogP contribution in [0.25, 0.3) is 0 Å². The summed E-state index contributed by atoms with van der Waals surface area (Å²) >= 11 is 0. The predicted octanol–water partition coefficient (Wildman–Crippen LogP) is 0.396. The molecule has 1 aliphatic rings. The van der Waals surface area contributed by atoms with Crippen LogP contribution < -0.4 is 5.73 Å². The summed E-state index contributed by atoms with van der Waals surface area (Å²) in [5, 5.41) is 12.0. The maximum atomic E-state index is 6.10. The average Bonchev–Trinajstić information content (AvgIpc) is 2.86. The van der Waals surface area contributed by atoms with Crippen molar-refractivity contribution >= 4 is 0 Å². The summed E-state index contributed by atoms with van der Waals surface area (Å²) in [5.74, 6) is 0.730. The van der Waals surface area contributed by atoms with Gasteiger partial charge in [0.15, 0.2) is 5.82 Å². The molecule has 0 aliphatic heterocycles. The van der Waals surface area contributed by atoms with Crippen LogP contribution in [-0.2, 0) is 20.0 Å². The number of nitrogens with zero attached hydrogens (tertiary/aromatic N) is 5. The zero-order valence-electron chi connectivity index (χ0n) is 9.87. The molecule has 0 saturated heterocycles. The van der Waals surface area contributed by atoms with E-state index in [9.17, 15) is 0 Å². The number of hydrogen-bond acceptors (Lipinski definition) is 4. The van der Waals surface area contributed by atoms with Crippen molar-refractivity contribution in [2.24, 2.45) is 12.8 Å². The van der Waals surface area contributed by atoms with Gasteiger partial charge in [-0.3, -0.25) is 0 Å². The van der Waals surface area contributed by atoms with Crippen molar-refractivity contribution in [3.63, 3.8) is 0 Å². The first kappa shape index (κ1) is 10.5. The number of hydrogen-bond donors (Lipinski definition) is 1. The summed E-state index contributed by atoms with van der Waals surface area (Å²) in [6.45, 7) is 0.660. The van der Waals surface area contributed by atoms with Crippen LogP contribution in [0.5, 0.6) is 0 Å². The third-order valence-electron chi connectivity index (χ3n) is 3.23. The molecule has 0 amide bonds. The third-order valence-corrected chi connectivity index (χ3v) is 3.23. The Morgan fingerprint density at radius 1 is 1.47 bits per heavy atom. The van der Waals surface area contributed by atoms with E-state index in [1.54, 1.807) is 7.05 Å². The molecule has 1 aliphatic carbocycles. The minimum absolute atomic E-state index is 0.190. The van der Waals surface area contributed by atoms with Crippen molar-refractivity contribution in [2.75, 3.05) is 0 Å². The van der Waals surface area contributed by atoms with E-state index in [-0.39, 0.29) is 6.04 Å². The van der Waals surface area contributed by atoms with E-state index in [0.29, 0.717) is 6.54 Å². The lowest BCUT2D eigenvalue weighted by Crippen LogP contribution is -2.15. The van der Waals surface area contributed by atoms with Gasteiger partial charge in [0.05, 0.1) is 13.6 Å². The van der Waals surface area contributed by atoms with Crippen molar-refractivity contribution in [3.05, 3.63) is 29.3 Å². The molecule has 0 fully saturated rings. The first-order valence-corrected chi connectivity index (χ1v) is 5.89. The molecule has 90 valence electrons. The Hall–Kier alpha value is -1.69. The van der Waals surface area contributed by atoms with E-state index in [0.717, 1.165) is 18.7 Å². The van der Waals surface area contributed by atoms with Crippen LogP contribution in [-0.4, -0.2) is 24.8 Å². The Labute approximate surface area is 99.4 Å². The number of fused-ring (bicyclic) bond motifs is 1. The van der Waals surface area contributed by atoms with Gasteiger partial charge in [-0.2, -0.15) is 4.80 Å². The molecule has 0 spiro atoms. The molecule has 0 bridgehead atoms. The van der Waals surface area contributed by atoms with Crippen LogP contribution >= 0.6 is 0 Å². The summed E-state index contributed by atoms with van der Waals surface area (Å²) in [6, 6.07) is 0.190. The molecule has 3 rings (SSSR count). The van der Waals surface area contributed by atoms with E-state index < -0.39 is 0 Å². The minimum atomic E-state index is 0.190. The van der Waals surface area contributed by atoms with E-state index in [4.69, 9.17) is 5.73 Å². The normalized spacial score (nSPS) is 19.3. The van der Waals surface area contributed by atoms with E-state index in [1.807, 2.05) is 0 Å². The molecule has 0 aromatic carbocycles. The molecule has 0 radical (unpaired) electrons. The number of aromatic nitrogens is 5. The fourth-order valence-electron chi connectivity index (χ4n) is 2.43. The molecule has 1 atom stereocenters. The Kier molecular flexibility index (Phi) is 2.44. The highest BCUT2D eigenvalue weighted by Gasteiger charge is 2.19. The molecule has 2 aromatic heterocycles. The standard InChI is InChI=1S/C11H16N6/c1-16-14-11(13-15-16)7-17-5-8-3-2-4-10(12)9(8)6-17/h5-6,10H,2-4,7,12H2,1H3. The maximum Gasteiger partial charge on any atom is 0.194 e. The lowest BCUT2D eigenvalue weighted by atomic mass is 9.92. The lowest BCUT2D eigenvalue weighted by Gasteiger charge is -2.17. The number of rotatable bonds is 2. The highest BCUT2D eigenvalue weighted by Crippen LogP contribution is 2.28. The van der Waals surface area contributed by atoms with Crippen molar-refractivity contribution in [3.8, 4) is 0 Å². The van der Waals surface area contributed by atoms with Gasteiger partial charge in [-0.15, -0.1) is 10.2 Å². The molecule has 1 unspecified atom stereocenters. The van der Waals surface area contributed by atoms with Crippen molar-refractivity contribution < 1.29 is 0 Å². The second-order valence-corrected chi connectivity index (χ2v) is 4.60. The topological polar surface area (TPSA) is 74.5 Å². The zero-order valence-corrected chi connectivity index (χ0v) is 9.87. The Balaban J connectivity index is 1.85. The van der Waals surface area contributed by atoms with Crippen LogP contribution in [0.2, 0.25) is 0 Å². The highest BCUT2D eigenvalue weighted by atomic mass is 15.6. The van der Waals surface area contributed by atoms with Crippen LogP contribution in [0.3, 0.4) is 0 Å². The van der Waals surface area contributed by atoms with Gasteiger partial charge >= 0.3 is 0 Å². The van der Waals surface area contributed by atoms with Crippen LogP contribution in [0, 0.1) is 0 Å². The van der Waals surface area contributed by atoms with Gasteiger partial charge in [0, 0.05) is 18.4 Å². The fourth-order valence-corrected chi connectivity index (χ4v) is 2.43. The average molecular weight is 232 g/mol. The fraction of sp³-hybridized carbons (Fsp3) is 0.545. The summed E-state index contributed by atoms with van der Waals surface area (Å²) in [6.07, 6.45) is 7.67. The molecule has 2 heterocycles. The van der Waals surface area contributed by atoms with E-state index in [2.05, 4.69) is 32.4 Å². The largest absolute Gasteiger partial charge is 0.346 e. The quantitative estimate of drug-likeness (QED) is 0.813. The lowest BCUT2D eigenvalue weighted by molar-refractivity contribution is 0.573. The van der Waals surface area contributed by atoms with Crippen molar-refractivity contribution in [1.82, 2.24) is 24.8 Å². The van der Waals surface area contributed by atoms with Crippen LogP contribution in [0.15, 0.2) is 12.4 Å². The van der Waals surface area contributed by atoms with E-state index >= 15 is 0 Å². The number of nitrogens with two attached hydrogens (primary N) is 1. The van der Waals surface area contributed by atoms with Gasteiger partial charge in [-0.25, -0.2) is 0 Å². The highest BCUT2D eigenvalue weighted by molar-refractivity contribution is 5.30. The predicted molar refractivity (Wildman–Crippen MR) is 62.2 cm³/mol. The van der Waals surface area contributed by atoms with Gasteiger partial charge in [0.25, 0.3) is 0 Å². The summed E-state index contributed by atoms with van der Waals surface area (Å²) in [7, 11) is 1.77. The van der Waals surface area contributed by atoms with Gasteiger partial charge in [-0.1, -0.05) is 0 Å². The van der Waals surface area contributed by atoms with Gasteiger partial charge in [-0.05, 0) is 35.6 Å². The Morgan fingerprint density at radius 2 is 2.35 bits per heavy atom. The molecule has 2 N–H and O–H groups in total. The Bertz CT molecular complexity index is 526. The smallest absolute Gasteiger partial charge is 0.194 e. The molecule has 17 heavy (non-hydrogen) atoms. The van der Waals surface area contributed by atoms with Crippen LogP contribution in [0.1, 0.15) is 35.8 Å². The monoisotopic (exact) mass is 232 g/mol. The molecular weight excluding hydrogens is 216 g/mol. The zero-order chi connectivity index (χ0) is 11.8. The molecule has 0 saturated carbocycles. The molecule has 2 aromatic rings. The first-order chi connectivity index (χ1) is 8.22. The van der Waals surface area contributed by atoms with Crippen LogP contribution in [0.4, 0.5) is 0 Å². The molecule has 6 heteroatoms. The minimum Gasteiger partial charge on any atom is -0.346 e.